The summed E-state index contributed by atoms with van der Waals surface area (Å²) in [7, 11) is 0. The van der Waals surface area contributed by atoms with E-state index in [0.717, 1.165) is 49.4 Å². The predicted octanol–water partition coefficient (Wildman–Crippen LogP) is 6.32. The van der Waals surface area contributed by atoms with Gasteiger partial charge >= 0.3 is 0 Å². The van der Waals surface area contributed by atoms with Gasteiger partial charge in [0, 0.05) is 55.5 Å². The third kappa shape index (κ3) is 9.20. The van der Waals surface area contributed by atoms with Crippen LogP contribution < -0.4 is 10.2 Å². The highest BCUT2D eigenvalue weighted by Crippen LogP contribution is 2.26. The van der Waals surface area contributed by atoms with Crippen molar-refractivity contribution in [1.29, 1.82) is 0 Å². The van der Waals surface area contributed by atoms with E-state index in [2.05, 4.69) is 58.2 Å². The van der Waals surface area contributed by atoms with Gasteiger partial charge in [0.25, 0.3) is 0 Å². The second-order valence-electron chi connectivity index (χ2n) is 9.32. The molecule has 2 aromatic rings. The number of hydrogen-bond donors (Lipinski definition) is 1. The largest absolute Gasteiger partial charge is 0.357 e. The predicted molar refractivity (Wildman–Crippen MR) is 155 cm³/mol. The molecule has 3 heterocycles. The van der Waals surface area contributed by atoms with E-state index < -0.39 is 0 Å². The van der Waals surface area contributed by atoms with Crippen LogP contribution in [0.2, 0.25) is 5.02 Å². The number of nitrogens with one attached hydrogen (secondary N) is 1. The van der Waals surface area contributed by atoms with Crippen molar-refractivity contribution in [1.82, 2.24) is 15.2 Å². The average molecular weight is 573 g/mol. The summed E-state index contributed by atoms with van der Waals surface area (Å²) in [6, 6.07) is 16.4. The molecule has 0 aliphatic carbocycles. The lowest BCUT2D eigenvalue weighted by atomic mass is 9.92. The Morgan fingerprint density at radius 1 is 1.00 bits per heavy atom. The van der Waals surface area contributed by atoms with Gasteiger partial charge in [-0.15, -0.1) is 49.6 Å². The van der Waals surface area contributed by atoms with Gasteiger partial charge in [0.05, 0.1) is 0 Å². The van der Waals surface area contributed by atoms with Crippen LogP contribution in [0, 0.1) is 5.92 Å². The third-order valence-electron chi connectivity index (χ3n) is 6.59. The summed E-state index contributed by atoms with van der Waals surface area (Å²) in [4.78, 5) is 9.82. The van der Waals surface area contributed by atoms with E-state index in [1.807, 2.05) is 24.4 Å². The van der Waals surface area contributed by atoms with Crippen LogP contribution in [0.3, 0.4) is 0 Å². The number of piperazine rings is 1. The smallest absolute Gasteiger partial charge is 0.128 e. The zero-order chi connectivity index (χ0) is 20.9. The van der Waals surface area contributed by atoms with Gasteiger partial charge in [-0.05, 0) is 61.4 Å². The Labute approximate surface area is 235 Å². The van der Waals surface area contributed by atoms with Crippen molar-refractivity contribution in [2.75, 3.05) is 31.1 Å². The zero-order valence-corrected chi connectivity index (χ0v) is 24.0. The van der Waals surface area contributed by atoms with E-state index >= 15 is 0 Å². The average Bonchev–Trinajstić information content (AvgIpc) is 2.77. The van der Waals surface area contributed by atoms with Crippen LogP contribution in [0.25, 0.3) is 0 Å². The molecule has 2 aliphatic heterocycles. The number of hydrogen-bond acceptors (Lipinski definition) is 4. The molecule has 4 nitrogen and oxygen atoms in total. The number of halogens is 5. The van der Waals surface area contributed by atoms with Crippen molar-refractivity contribution in [3.8, 4) is 0 Å². The molecule has 0 spiro atoms. The molecule has 0 unspecified atom stereocenters. The van der Waals surface area contributed by atoms with Crippen LogP contribution in [0.4, 0.5) is 5.82 Å². The number of anilines is 1. The fourth-order valence-corrected chi connectivity index (χ4v) is 5.24. The van der Waals surface area contributed by atoms with Gasteiger partial charge in [0.1, 0.15) is 5.82 Å². The summed E-state index contributed by atoms with van der Waals surface area (Å²) in [5.74, 6) is 1.84. The molecule has 1 N–H and O–H groups in total. The lowest BCUT2D eigenvalue weighted by molar-refractivity contribution is 0.0632. The number of benzene rings is 1. The molecule has 194 valence electrons. The maximum Gasteiger partial charge on any atom is 0.128 e. The maximum absolute atomic E-state index is 6.10. The van der Waals surface area contributed by atoms with Crippen molar-refractivity contribution in [2.45, 2.75) is 57.7 Å². The highest BCUT2D eigenvalue weighted by Gasteiger charge is 2.34. The van der Waals surface area contributed by atoms with Gasteiger partial charge < -0.3 is 10.2 Å². The molecule has 0 bridgehead atoms. The molecular formula is C25H39Cl5N4. The molecule has 2 fully saturated rings. The van der Waals surface area contributed by atoms with Crippen molar-refractivity contribution in [3.05, 3.63) is 59.2 Å². The molecule has 1 aromatic carbocycles. The van der Waals surface area contributed by atoms with Crippen molar-refractivity contribution < 1.29 is 0 Å². The topological polar surface area (TPSA) is 31.4 Å². The van der Waals surface area contributed by atoms with Crippen LogP contribution in [0.1, 0.15) is 38.7 Å². The van der Waals surface area contributed by atoms with Crippen LogP contribution in [-0.4, -0.2) is 54.2 Å². The SMILES string of the molecule is CC(C)C[C@H]1CN(C2CCN(c3ccccn3)CC2)[C@@H](Cc2ccc(Cl)cc2)CN1.Cl.Cl.Cl.Cl. The normalized spacial score (nSPS) is 21.0. The number of pyridine rings is 1. The summed E-state index contributed by atoms with van der Waals surface area (Å²) in [5.41, 5.74) is 1.38. The van der Waals surface area contributed by atoms with Crippen molar-refractivity contribution in [3.63, 3.8) is 0 Å². The minimum Gasteiger partial charge on any atom is -0.357 e. The van der Waals surface area contributed by atoms with Crippen molar-refractivity contribution >= 4 is 67.0 Å². The summed E-state index contributed by atoms with van der Waals surface area (Å²) < 4.78 is 0. The highest BCUT2D eigenvalue weighted by atomic mass is 35.5. The van der Waals surface area contributed by atoms with E-state index in [-0.39, 0.29) is 49.6 Å². The van der Waals surface area contributed by atoms with Gasteiger partial charge in [-0.3, -0.25) is 4.90 Å². The van der Waals surface area contributed by atoms with E-state index in [1.54, 1.807) is 0 Å². The molecular weight excluding hydrogens is 534 g/mol. The van der Waals surface area contributed by atoms with E-state index in [0.29, 0.717) is 18.1 Å². The summed E-state index contributed by atoms with van der Waals surface area (Å²) in [6.07, 6.45) is 6.65. The first-order valence-corrected chi connectivity index (χ1v) is 11.9. The molecule has 34 heavy (non-hydrogen) atoms. The van der Waals surface area contributed by atoms with Crippen LogP contribution in [-0.2, 0) is 6.42 Å². The molecule has 0 radical (unpaired) electrons. The fraction of sp³-hybridized carbons (Fsp3) is 0.560. The standard InChI is InChI=1S/C25H35ClN4.4ClH/c1-19(2)15-22-18-30(24(17-28-22)16-20-6-8-21(26)9-7-20)23-10-13-29(14-11-23)25-5-3-4-12-27-25;;;;/h3-9,12,19,22-24,28H,10-11,13-18H2,1-2H3;4*1H/t22-,24-;;;;/m0..../s1. The number of rotatable bonds is 6. The molecule has 2 aliphatic rings. The monoisotopic (exact) mass is 570 g/mol. The Balaban J connectivity index is 0.00000272. The number of piperidine rings is 1. The number of aromatic nitrogens is 1. The lowest BCUT2D eigenvalue weighted by Crippen LogP contribution is -2.61. The van der Waals surface area contributed by atoms with Crippen LogP contribution >= 0.6 is 61.2 Å². The minimum atomic E-state index is 0. The second-order valence-corrected chi connectivity index (χ2v) is 9.76. The summed E-state index contributed by atoms with van der Waals surface area (Å²) in [5, 5.41) is 4.66. The molecule has 9 heteroatoms. The maximum atomic E-state index is 6.10. The fourth-order valence-electron chi connectivity index (χ4n) is 5.11. The Bertz CT molecular complexity index is 786. The van der Waals surface area contributed by atoms with Crippen molar-refractivity contribution in [2.24, 2.45) is 5.92 Å². The lowest BCUT2D eigenvalue weighted by Gasteiger charge is -2.47. The van der Waals surface area contributed by atoms with Gasteiger partial charge in [-0.1, -0.05) is 43.6 Å². The van der Waals surface area contributed by atoms with Gasteiger partial charge in [0.2, 0.25) is 0 Å². The number of nitrogens with zero attached hydrogens (tertiary/aromatic N) is 3. The molecule has 0 amide bonds. The van der Waals surface area contributed by atoms with Gasteiger partial charge in [-0.25, -0.2) is 4.98 Å². The molecule has 2 saturated heterocycles. The van der Waals surface area contributed by atoms with Crippen LogP contribution in [0.5, 0.6) is 0 Å². The molecule has 4 rings (SSSR count). The second kappa shape index (κ2) is 16.3. The summed E-state index contributed by atoms with van der Waals surface area (Å²) in [6.45, 7) is 9.07. The van der Waals surface area contributed by atoms with E-state index in [4.69, 9.17) is 11.6 Å². The first-order chi connectivity index (χ1) is 14.6. The zero-order valence-electron chi connectivity index (χ0n) is 19.9. The Hall–Kier alpha value is -0.460. The Morgan fingerprint density at radius 2 is 1.68 bits per heavy atom. The van der Waals surface area contributed by atoms with E-state index in [1.165, 1.54) is 24.8 Å². The minimum absolute atomic E-state index is 0. The van der Waals surface area contributed by atoms with Crippen LogP contribution in [0.15, 0.2) is 48.7 Å². The summed E-state index contributed by atoms with van der Waals surface area (Å²) >= 11 is 6.10. The quantitative estimate of drug-likeness (QED) is 0.439. The Kier molecular flexibility index (Phi) is 16.1. The highest BCUT2D eigenvalue weighted by molar-refractivity contribution is 6.30. The first-order valence-electron chi connectivity index (χ1n) is 11.5. The van der Waals surface area contributed by atoms with E-state index in [9.17, 15) is 0 Å². The third-order valence-corrected chi connectivity index (χ3v) is 6.84. The first kappa shape index (κ1) is 33.5. The Morgan fingerprint density at radius 3 is 2.26 bits per heavy atom. The molecule has 2 atom stereocenters. The molecule has 0 saturated carbocycles. The molecule has 1 aromatic heterocycles. The van der Waals surface area contributed by atoms with Gasteiger partial charge in [0.15, 0.2) is 0 Å². The van der Waals surface area contributed by atoms with Gasteiger partial charge in [-0.2, -0.15) is 0 Å².